The van der Waals surface area contributed by atoms with Crippen molar-refractivity contribution in [1.82, 2.24) is 10.3 Å². The van der Waals surface area contributed by atoms with E-state index in [0.29, 0.717) is 6.04 Å². The van der Waals surface area contributed by atoms with Gasteiger partial charge in [-0.2, -0.15) is 0 Å². The molecular weight excluding hydrogens is 239 g/mol. The second kappa shape index (κ2) is 5.93. The van der Waals surface area contributed by atoms with Crippen LogP contribution in [0.2, 0.25) is 0 Å². The van der Waals surface area contributed by atoms with Crippen molar-refractivity contribution in [1.29, 1.82) is 0 Å². The molecule has 0 aliphatic carbocycles. The first kappa shape index (κ1) is 13.7. The number of aromatic nitrogens is 1. The van der Waals surface area contributed by atoms with Crippen LogP contribution >= 0.6 is 0 Å². The summed E-state index contributed by atoms with van der Waals surface area (Å²) in [7, 11) is 0. The lowest BCUT2D eigenvalue weighted by Gasteiger charge is -2.23. The van der Waals surface area contributed by atoms with E-state index in [1.165, 1.54) is 23.4 Å². The second-order valence-corrected chi connectivity index (χ2v) is 5.01. The van der Waals surface area contributed by atoms with Crippen molar-refractivity contribution < 1.29 is 4.39 Å². The first-order chi connectivity index (χ1) is 9.08. The summed E-state index contributed by atoms with van der Waals surface area (Å²) < 4.78 is 13.0. The lowest BCUT2D eigenvalue weighted by atomic mass is 9.97. The molecule has 0 radical (unpaired) electrons. The average molecular weight is 258 g/mol. The lowest BCUT2D eigenvalue weighted by Crippen LogP contribution is -2.30. The van der Waals surface area contributed by atoms with Gasteiger partial charge in [-0.3, -0.25) is 4.98 Å². The van der Waals surface area contributed by atoms with Crippen molar-refractivity contribution in [3.63, 3.8) is 0 Å². The average Bonchev–Trinajstić information content (AvgIpc) is 2.38. The summed E-state index contributed by atoms with van der Waals surface area (Å²) in [5.74, 6) is -0.308. The van der Waals surface area contributed by atoms with Crippen LogP contribution in [-0.4, -0.2) is 11.0 Å². The molecule has 0 fully saturated rings. The van der Waals surface area contributed by atoms with Crippen LogP contribution in [0.4, 0.5) is 4.39 Å². The van der Waals surface area contributed by atoms with Crippen molar-refractivity contribution in [3.8, 4) is 0 Å². The molecular formula is C16H19FN2. The van der Waals surface area contributed by atoms with Gasteiger partial charge in [0.1, 0.15) is 5.82 Å². The Balaban J connectivity index is 2.41. The van der Waals surface area contributed by atoms with Gasteiger partial charge in [0.25, 0.3) is 0 Å². The minimum atomic E-state index is -0.308. The molecule has 1 N–H and O–H groups in total. The zero-order valence-corrected chi connectivity index (χ0v) is 11.5. The molecule has 0 amide bonds. The van der Waals surface area contributed by atoms with Gasteiger partial charge in [0, 0.05) is 6.04 Å². The summed E-state index contributed by atoms with van der Waals surface area (Å²) in [6.45, 7) is 6.26. The van der Waals surface area contributed by atoms with E-state index in [1.54, 1.807) is 6.07 Å². The van der Waals surface area contributed by atoms with Gasteiger partial charge in [-0.25, -0.2) is 4.39 Å². The number of rotatable bonds is 4. The van der Waals surface area contributed by atoms with Gasteiger partial charge in [-0.15, -0.1) is 0 Å². The smallest absolute Gasteiger partial charge is 0.141 e. The molecule has 1 atom stereocenters. The highest BCUT2D eigenvalue weighted by Gasteiger charge is 2.17. The Kier molecular flexibility index (Phi) is 4.27. The Morgan fingerprint density at radius 3 is 2.42 bits per heavy atom. The minimum absolute atomic E-state index is 0.0122. The van der Waals surface area contributed by atoms with E-state index in [1.807, 2.05) is 12.1 Å². The first-order valence-electron chi connectivity index (χ1n) is 6.51. The molecule has 0 aliphatic heterocycles. The summed E-state index contributed by atoms with van der Waals surface area (Å²) in [6.07, 6.45) is 1.27. The molecule has 2 rings (SSSR count). The van der Waals surface area contributed by atoms with Crippen LogP contribution in [0.1, 0.15) is 36.7 Å². The highest BCUT2D eigenvalue weighted by atomic mass is 19.1. The number of nitrogens with zero attached hydrogens (tertiary/aromatic N) is 1. The molecule has 1 aromatic heterocycles. The lowest BCUT2D eigenvalue weighted by molar-refractivity contribution is 0.516. The monoisotopic (exact) mass is 258 g/mol. The predicted molar refractivity (Wildman–Crippen MR) is 75.5 cm³/mol. The standard InChI is InChI=1S/C16H19FN2/c1-11(2)19-16(14-7-5-4-6-12(14)3)15-9-8-13(17)10-18-15/h4-11,16,19H,1-3H3. The van der Waals surface area contributed by atoms with E-state index in [9.17, 15) is 4.39 Å². The van der Waals surface area contributed by atoms with Crippen molar-refractivity contribution in [3.05, 3.63) is 65.2 Å². The Hall–Kier alpha value is -1.74. The maximum Gasteiger partial charge on any atom is 0.141 e. The van der Waals surface area contributed by atoms with Gasteiger partial charge in [0.05, 0.1) is 17.9 Å². The Morgan fingerprint density at radius 1 is 1.11 bits per heavy atom. The third-order valence-corrected chi connectivity index (χ3v) is 3.05. The van der Waals surface area contributed by atoms with Crippen molar-refractivity contribution >= 4 is 0 Å². The summed E-state index contributed by atoms with van der Waals surface area (Å²) in [6, 6.07) is 11.7. The minimum Gasteiger partial charge on any atom is -0.303 e. The molecule has 0 saturated heterocycles. The van der Waals surface area contributed by atoms with Gasteiger partial charge < -0.3 is 5.32 Å². The van der Waals surface area contributed by atoms with Crippen LogP contribution in [0.5, 0.6) is 0 Å². The molecule has 1 heterocycles. The summed E-state index contributed by atoms with van der Waals surface area (Å²) in [5.41, 5.74) is 3.21. The van der Waals surface area contributed by atoms with Gasteiger partial charge >= 0.3 is 0 Å². The van der Waals surface area contributed by atoms with Crippen LogP contribution in [-0.2, 0) is 0 Å². The zero-order valence-electron chi connectivity index (χ0n) is 11.5. The molecule has 0 spiro atoms. The van der Waals surface area contributed by atoms with E-state index < -0.39 is 0 Å². The second-order valence-electron chi connectivity index (χ2n) is 5.01. The van der Waals surface area contributed by atoms with E-state index in [4.69, 9.17) is 0 Å². The van der Waals surface area contributed by atoms with Crippen LogP contribution in [0.25, 0.3) is 0 Å². The van der Waals surface area contributed by atoms with Gasteiger partial charge in [-0.05, 0) is 44.0 Å². The molecule has 0 saturated carbocycles. The summed E-state index contributed by atoms with van der Waals surface area (Å²) >= 11 is 0. The highest BCUT2D eigenvalue weighted by Crippen LogP contribution is 2.24. The molecule has 19 heavy (non-hydrogen) atoms. The molecule has 1 aromatic carbocycles. The fourth-order valence-corrected chi connectivity index (χ4v) is 2.14. The molecule has 0 aliphatic rings. The normalized spacial score (nSPS) is 12.7. The van der Waals surface area contributed by atoms with E-state index in [2.05, 4.69) is 43.2 Å². The number of nitrogens with one attached hydrogen (secondary N) is 1. The molecule has 2 nitrogen and oxygen atoms in total. The van der Waals surface area contributed by atoms with Crippen molar-refractivity contribution in [2.75, 3.05) is 0 Å². The molecule has 2 aromatic rings. The molecule has 0 bridgehead atoms. The molecule has 3 heteroatoms. The fraction of sp³-hybridized carbons (Fsp3) is 0.312. The van der Waals surface area contributed by atoms with Gasteiger partial charge in [0.15, 0.2) is 0 Å². The van der Waals surface area contributed by atoms with Crippen LogP contribution in [0.3, 0.4) is 0 Å². The number of benzene rings is 1. The van der Waals surface area contributed by atoms with Crippen molar-refractivity contribution in [2.24, 2.45) is 0 Å². The number of halogens is 1. The van der Waals surface area contributed by atoms with E-state index in [0.717, 1.165) is 5.69 Å². The maximum absolute atomic E-state index is 13.0. The van der Waals surface area contributed by atoms with Gasteiger partial charge in [0.2, 0.25) is 0 Å². The number of pyridine rings is 1. The first-order valence-corrected chi connectivity index (χ1v) is 6.51. The van der Waals surface area contributed by atoms with E-state index >= 15 is 0 Å². The summed E-state index contributed by atoms with van der Waals surface area (Å²) in [4.78, 5) is 4.21. The number of hydrogen-bond donors (Lipinski definition) is 1. The Bertz CT molecular complexity index is 535. The van der Waals surface area contributed by atoms with Crippen molar-refractivity contribution in [2.45, 2.75) is 32.9 Å². The van der Waals surface area contributed by atoms with Crippen LogP contribution < -0.4 is 5.32 Å². The maximum atomic E-state index is 13.0. The fourth-order valence-electron chi connectivity index (χ4n) is 2.14. The van der Waals surface area contributed by atoms with Crippen LogP contribution in [0.15, 0.2) is 42.6 Å². The number of aryl methyl sites for hydroxylation is 1. The quantitative estimate of drug-likeness (QED) is 0.906. The predicted octanol–water partition coefficient (Wildman–Crippen LogP) is 3.62. The summed E-state index contributed by atoms with van der Waals surface area (Å²) in [5, 5.41) is 3.49. The van der Waals surface area contributed by atoms with E-state index in [-0.39, 0.29) is 11.9 Å². The van der Waals surface area contributed by atoms with Crippen LogP contribution in [0, 0.1) is 12.7 Å². The third kappa shape index (κ3) is 3.38. The van der Waals surface area contributed by atoms with Gasteiger partial charge in [-0.1, -0.05) is 24.3 Å². The topological polar surface area (TPSA) is 24.9 Å². The number of hydrogen-bond acceptors (Lipinski definition) is 2. The molecule has 100 valence electrons. The molecule has 1 unspecified atom stereocenters. The highest BCUT2D eigenvalue weighted by molar-refractivity contribution is 5.34. The largest absolute Gasteiger partial charge is 0.303 e. The Morgan fingerprint density at radius 2 is 1.84 bits per heavy atom. The SMILES string of the molecule is Cc1ccccc1C(NC(C)C)c1ccc(F)cn1. The third-order valence-electron chi connectivity index (χ3n) is 3.05. The zero-order chi connectivity index (χ0) is 13.8. The Labute approximate surface area is 113 Å².